The van der Waals surface area contributed by atoms with Crippen LogP contribution in [0.2, 0.25) is 0 Å². The van der Waals surface area contributed by atoms with Crippen molar-refractivity contribution in [3.8, 4) is 0 Å². The molecule has 5 heteroatoms. The number of hydrogen-bond acceptors (Lipinski definition) is 1. The maximum atomic E-state index is 13.1. The van der Waals surface area contributed by atoms with E-state index >= 15 is 0 Å². The van der Waals surface area contributed by atoms with Gasteiger partial charge in [0.15, 0.2) is 6.17 Å². The average molecular weight is 253 g/mol. The average Bonchev–Trinajstić information content (AvgIpc) is 2.95. The lowest BCUT2D eigenvalue weighted by Gasteiger charge is -2.32. The Labute approximate surface area is 98.7 Å². The van der Waals surface area contributed by atoms with Crippen molar-refractivity contribution in [1.29, 1.82) is 0 Å². The van der Waals surface area contributed by atoms with E-state index in [9.17, 15) is 17.6 Å². The van der Waals surface area contributed by atoms with Crippen molar-refractivity contribution in [1.82, 2.24) is 0 Å². The van der Waals surface area contributed by atoms with Gasteiger partial charge in [0.05, 0.1) is 0 Å². The smallest absolute Gasteiger partial charge is 0.325 e. The quantitative estimate of drug-likeness (QED) is 0.764. The Morgan fingerprint density at radius 1 is 1.12 bits per heavy atom. The molecule has 0 amide bonds. The van der Waals surface area contributed by atoms with Gasteiger partial charge < -0.3 is 5.73 Å². The van der Waals surface area contributed by atoms with Crippen LogP contribution in [0.1, 0.15) is 44.9 Å². The van der Waals surface area contributed by atoms with Crippen LogP contribution < -0.4 is 5.73 Å². The van der Waals surface area contributed by atoms with Gasteiger partial charge in [0.25, 0.3) is 0 Å². The first-order chi connectivity index (χ1) is 7.80. The third-order valence-corrected chi connectivity index (χ3v) is 4.21. The normalized spacial score (nSPS) is 34.4. The minimum Gasteiger partial charge on any atom is -0.325 e. The van der Waals surface area contributed by atoms with Crippen LogP contribution in [0.15, 0.2) is 0 Å². The molecule has 0 aliphatic heterocycles. The van der Waals surface area contributed by atoms with Gasteiger partial charge in [-0.2, -0.15) is 13.2 Å². The highest BCUT2D eigenvalue weighted by Crippen LogP contribution is 2.45. The Morgan fingerprint density at radius 2 is 1.65 bits per heavy atom. The lowest BCUT2D eigenvalue weighted by Crippen LogP contribution is -2.35. The standard InChI is InChI=1S/C12H19F4N/c13-10(12(14,15)16)9-3-1-8(2-4-9)7-11(17)5-6-11/h8-10H,1-7,17H2. The van der Waals surface area contributed by atoms with Crippen LogP contribution in [-0.2, 0) is 0 Å². The minimum atomic E-state index is -4.69. The van der Waals surface area contributed by atoms with E-state index in [1.54, 1.807) is 0 Å². The zero-order chi connectivity index (χ0) is 12.7. The summed E-state index contributed by atoms with van der Waals surface area (Å²) in [7, 11) is 0. The molecule has 1 atom stereocenters. The number of alkyl halides is 4. The highest BCUT2D eigenvalue weighted by atomic mass is 19.4. The molecule has 2 aliphatic rings. The van der Waals surface area contributed by atoms with Crippen LogP contribution in [0.3, 0.4) is 0 Å². The summed E-state index contributed by atoms with van der Waals surface area (Å²) in [6, 6.07) is 0. The Hall–Kier alpha value is -0.320. The van der Waals surface area contributed by atoms with E-state index in [0.29, 0.717) is 31.6 Å². The lowest BCUT2D eigenvalue weighted by molar-refractivity contribution is -0.197. The van der Waals surface area contributed by atoms with E-state index in [1.165, 1.54) is 0 Å². The topological polar surface area (TPSA) is 26.0 Å². The number of rotatable bonds is 3. The first kappa shape index (κ1) is 13.1. The van der Waals surface area contributed by atoms with E-state index in [1.807, 2.05) is 0 Å². The fraction of sp³-hybridized carbons (Fsp3) is 1.00. The van der Waals surface area contributed by atoms with Crippen LogP contribution >= 0.6 is 0 Å². The molecule has 0 heterocycles. The van der Waals surface area contributed by atoms with E-state index in [2.05, 4.69) is 0 Å². The van der Waals surface area contributed by atoms with Gasteiger partial charge in [0.2, 0.25) is 0 Å². The minimum absolute atomic E-state index is 0.0450. The highest BCUT2D eigenvalue weighted by Gasteiger charge is 2.47. The first-order valence-electron chi connectivity index (χ1n) is 6.30. The van der Waals surface area contributed by atoms with Crippen molar-refractivity contribution in [3.05, 3.63) is 0 Å². The van der Waals surface area contributed by atoms with Crippen LogP contribution in [-0.4, -0.2) is 17.9 Å². The summed E-state index contributed by atoms with van der Waals surface area (Å²) in [5.74, 6) is -0.432. The molecule has 2 rings (SSSR count). The monoisotopic (exact) mass is 253 g/mol. The molecule has 2 fully saturated rings. The largest absolute Gasteiger partial charge is 0.419 e. The van der Waals surface area contributed by atoms with Crippen molar-refractivity contribution in [2.24, 2.45) is 17.6 Å². The van der Waals surface area contributed by atoms with Crippen molar-refractivity contribution >= 4 is 0 Å². The molecular formula is C12H19F4N. The van der Waals surface area contributed by atoms with Gasteiger partial charge >= 0.3 is 6.18 Å². The van der Waals surface area contributed by atoms with Crippen molar-refractivity contribution < 1.29 is 17.6 Å². The maximum Gasteiger partial charge on any atom is 0.419 e. The van der Waals surface area contributed by atoms with E-state index in [4.69, 9.17) is 5.73 Å². The summed E-state index contributed by atoms with van der Waals surface area (Å²) in [4.78, 5) is 0. The predicted molar refractivity (Wildman–Crippen MR) is 57.2 cm³/mol. The van der Waals surface area contributed by atoms with Gasteiger partial charge in [-0.3, -0.25) is 0 Å². The van der Waals surface area contributed by atoms with E-state index in [0.717, 1.165) is 19.3 Å². The molecule has 2 aliphatic carbocycles. The van der Waals surface area contributed by atoms with Crippen molar-refractivity contribution in [2.45, 2.75) is 62.8 Å². The van der Waals surface area contributed by atoms with Crippen molar-refractivity contribution in [2.75, 3.05) is 0 Å². The zero-order valence-electron chi connectivity index (χ0n) is 9.77. The van der Waals surface area contributed by atoms with Gasteiger partial charge in [0, 0.05) is 5.54 Å². The Kier molecular flexibility index (Phi) is 3.40. The molecule has 2 saturated carbocycles. The fourth-order valence-electron chi connectivity index (χ4n) is 2.89. The van der Waals surface area contributed by atoms with Crippen LogP contribution in [0.5, 0.6) is 0 Å². The first-order valence-corrected chi connectivity index (χ1v) is 6.30. The summed E-state index contributed by atoms with van der Waals surface area (Å²) in [6.45, 7) is 0. The Morgan fingerprint density at radius 3 is 2.06 bits per heavy atom. The molecule has 17 heavy (non-hydrogen) atoms. The summed E-state index contributed by atoms with van der Waals surface area (Å²) < 4.78 is 49.8. The zero-order valence-corrected chi connectivity index (χ0v) is 9.77. The molecule has 0 aromatic rings. The molecule has 1 unspecified atom stereocenters. The van der Waals surface area contributed by atoms with Gasteiger partial charge in [0.1, 0.15) is 0 Å². The highest BCUT2D eigenvalue weighted by molar-refractivity contribution is 5.00. The molecule has 0 spiro atoms. The van der Waals surface area contributed by atoms with Crippen molar-refractivity contribution in [3.63, 3.8) is 0 Å². The van der Waals surface area contributed by atoms with Crippen LogP contribution in [0.25, 0.3) is 0 Å². The lowest BCUT2D eigenvalue weighted by atomic mass is 9.77. The summed E-state index contributed by atoms with van der Waals surface area (Å²) in [6.07, 6.45) is -2.28. The molecule has 0 radical (unpaired) electrons. The van der Waals surface area contributed by atoms with Gasteiger partial charge in [-0.05, 0) is 43.9 Å². The number of hydrogen-bond donors (Lipinski definition) is 1. The Bertz CT molecular complexity index is 264. The van der Waals surface area contributed by atoms with E-state index < -0.39 is 18.3 Å². The molecule has 0 bridgehead atoms. The second-order valence-corrected chi connectivity index (χ2v) is 5.79. The molecular weight excluding hydrogens is 234 g/mol. The Balaban J connectivity index is 1.77. The third-order valence-electron chi connectivity index (χ3n) is 4.21. The number of nitrogens with two attached hydrogens (primary N) is 1. The van der Waals surface area contributed by atoms with Gasteiger partial charge in [-0.15, -0.1) is 0 Å². The number of halogens is 4. The second-order valence-electron chi connectivity index (χ2n) is 5.79. The fourth-order valence-corrected chi connectivity index (χ4v) is 2.89. The summed E-state index contributed by atoms with van der Waals surface area (Å²) in [5.41, 5.74) is 5.94. The summed E-state index contributed by atoms with van der Waals surface area (Å²) in [5, 5.41) is 0. The molecule has 2 N–H and O–H groups in total. The second kappa shape index (κ2) is 4.41. The van der Waals surface area contributed by atoms with Crippen LogP contribution in [0.4, 0.5) is 17.6 Å². The third kappa shape index (κ3) is 3.33. The molecule has 0 aromatic carbocycles. The summed E-state index contributed by atoms with van der Waals surface area (Å²) >= 11 is 0. The molecule has 1 nitrogen and oxygen atoms in total. The maximum absolute atomic E-state index is 13.1. The molecule has 100 valence electrons. The SMILES string of the molecule is NC1(CC2CCC(C(F)C(F)(F)F)CC2)CC1. The molecule has 0 aromatic heterocycles. The molecule has 0 saturated heterocycles. The van der Waals surface area contributed by atoms with Gasteiger partial charge in [-0.1, -0.05) is 12.8 Å². The predicted octanol–water partition coefficient (Wildman–Crippen LogP) is 3.57. The van der Waals surface area contributed by atoms with Crippen LogP contribution in [0, 0.1) is 11.8 Å². The van der Waals surface area contributed by atoms with E-state index in [-0.39, 0.29) is 5.54 Å². The van der Waals surface area contributed by atoms with Gasteiger partial charge in [-0.25, -0.2) is 4.39 Å².